The fraction of sp³-hybridized carbons (Fsp3) is 0.143. The molecule has 0 fully saturated rings. The molecule has 2 aromatic rings. The summed E-state index contributed by atoms with van der Waals surface area (Å²) in [6.45, 7) is 0. The number of aromatic amines is 1. The SMILES string of the molecule is O=C(O)Cc1cc[nH]c(=O)c1NS(=O)(=O)Cc1ccccc1. The second-order valence-corrected chi connectivity index (χ2v) is 6.35. The Labute approximate surface area is 126 Å². The van der Waals surface area contributed by atoms with E-state index in [1.165, 1.54) is 12.3 Å². The summed E-state index contributed by atoms with van der Waals surface area (Å²) in [6, 6.07) is 9.82. The Hall–Kier alpha value is -2.61. The summed E-state index contributed by atoms with van der Waals surface area (Å²) in [5.41, 5.74) is -0.286. The van der Waals surface area contributed by atoms with Crippen LogP contribution in [0.4, 0.5) is 5.69 Å². The van der Waals surface area contributed by atoms with Crippen molar-refractivity contribution < 1.29 is 18.3 Å². The van der Waals surface area contributed by atoms with Crippen LogP contribution in [0.3, 0.4) is 0 Å². The van der Waals surface area contributed by atoms with Gasteiger partial charge in [-0.2, -0.15) is 0 Å². The highest BCUT2D eigenvalue weighted by Gasteiger charge is 2.17. The smallest absolute Gasteiger partial charge is 0.307 e. The maximum Gasteiger partial charge on any atom is 0.307 e. The van der Waals surface area contributed by atoms with Crippen molar-refractivity contribution >= 4 is 21.7 Å². The van der Waals surface area contributed by atoms with Gasteiger partial charge in [-0.1, -0.05) is 30.3 Å². The van der Waals surface area contributed by atoms with Crippen LogP contribution in [0.15, 0.2) is 47.4 Å². The standard InChI is InChI=1S/C14H14N2O5S/c17-12(18)8-11-6-7-15-14(19)13(11)16-22(20,21)9-10-4-2-1-3-5-10/h1-7,16H,8-9H2,(H,15,19)(H,17,18). The van der Waals surface area contributed by atoms with Crippen molar-refractivity contribution in [3.63, 3.8) is 0 Å². The predicted octanol–water partition coefficient (Wildman–Crippen LogP) is 0.944. The van der Waals surface area contributed by atoms with Gasteiger partial charge in [0, 0.05) is 6.20 Å². The van der Waals surface area contributed by atoms with Gasteiger partial charge in [-0.05, 0) is 17.2 Å². The number of rotatable bonds is 6. The third kappa shape index (κ3) is 4.19. The van der Waals surface area contributed by atoms with E-state index in [-0.39, 0.29) is 17.0 Å². The zero-order valence-corrected chi connectivity index (χ0v) is 12.3. The fourth-order valence-corrected chi connectivity index (χ4v) is 3.16. The fourth-order valence-electron chi connectivity index (χ4n) is 1.93. The molecule has 1 aromatic heterocycles. The molecule has 1 heterocycles. The average Bonchev–Trinajstić information content (AvgIpc) is 2.43. The molecule has 22 heavy (non-hydrogen) atoms. The quantitative estimate of drug-likeness (QED) is 0.732. The number of hydrogen-bond donors (Lipinski definition) is 3. The van der Waals surface area contributed by atoms with Crippen LogP contribution in [0.2, 0.25) is 0 Å². The van der Waals surface area contributed by atoms with Crippen LogP contribution in [-0.2, 0) is 27.0 Å². The summed E-state index contributed by atoms with van der Waals surface area (Å²) < 4.78 is 26.5. The van der Waals surface area contributed by atoms with E-state index in [4.69, 9.17) is 5.11 Å². The molecule has 116 valence electrons. The van der Waals surface area contributed by atoms with Crippen LogP contribution >= 0.6 is 0 Å². The zero-order chi connectivity index (χ0) is 16.2. The van der Waals surface area contributed by atoms with Crippen LogP contribution in [0.5, 0.6) is 0 Å². The first kappa shape index (κ1) is 15.8. The van der Waals surface area contributed by atoms with Crippen molar-refractivity contribution in [2.45, 2.75) is 12.2 Å². The molecule has 0 amide bonds. The van der Waals surface area contributed by atoms with Crippen LogP contribution in [0, 0.1) is 0 Å². The molecular formula is C14H14N2O5S. The minimum Gasteiger partial charge on any atom is -0.481 e. The number of carboxylic acid groups (broad SMARTS) is 1. The third-order valence-electron chi connectivity index (χ3n) is 2.85. The number of pyridine rings is 1. The Morgan fingerprint density at radius 1 is 1.18 bits per heavy atom. The molecule has 0 spiro atoms. The Morgan fingerprint density at radius 2 is 1.86 bits per heavy atom. The lowest BCUT2D eigenvalue weighted by atomic mass is 10.1. The predicted molar refractivity (Wildman–Crippen MR) is 81.1 cm³/mol. The molecule has 0 radical (unpaired) electrons. The Balaban J connectivity index is 2.29. The minimum atomic E-state index is -3.83. The van der Waals surface area contributed by atoms with Crippen LogP contribution in [0.1, 0.15) is 11.1 Å². The molecule has 8 heteroatoms. The first-order chi connectivity index (χ1) is 10.4. The van der Waals surface area contributed by atoms with Crippen molar-refractivity contribution in [3.8, 4) is 0 Å². The second-order valence-electron chi connectivity index (χ2n) is 4.62. The summed E-state index contributed by atoms with van der Waals surface area (Å²) in [5.74, 6) is -1.47. The lowest BCUT2D eigenvalue weighted by molar-refractivity contribution is -0.136. The maximum atomic E-state index is 12.1. The molecule has 0 bridgehead atoms. The molecule has 3 N–H and O–H groups in total. The van der Waals surface area contributed by atoms with E-state index >= 15 is 0 Å². The van der Waals surface area contributed by atoms with Crippen molar-refractivity contribution in [1.82, 2.24) is 4.98 Å². The monoisotopic (exact) mass is 322 g/mol. The summed E-state index contributed by atoms with van der Waals surface area (Å²) in [6.07, 6.45) is 0.822. The Bertz CT molecular complexity index is 828. The van der Waals surface area contributed by atoms with Gasteiger partial charge in [0.05, 0.1) is 12.2 Å². The van der Waals surface area contributed by atoms with Gasteiger partial charge in [-0.3, -0.25) is 14.3 Å². The number of aromatic nitrogens is 1. The summed E-state index contributed by atoms with van der Waals surface area (Å²) in [7, 11) is -3.83. The van der Waals surface area contributed by atoms with Gasteiger partial charge < -0.3 is 10.1 Å². The van der Waals surface area contributed by atoms with Crippen molar-refractivity contribution in [2.75, 3.05) is 4.72 Å². The molecule has 0 atom stereocenters. The highest BCUT2D eigenvalue weighted by atomic mass is 32.2. The molecular weight excluding hydrogens is 308 g/mol. The van der Waals surface area contributed by atoms with Gasteiger partial charge in [0.15, 0.2) is 0 Å². The molecule has 0 aliphatic heterocycles. The highest BCUT2D eigenvalue weighted by Crippen LogP contribution is 2.14. The van der Waals surface area contributed by atoms with E-state index in [0.717, 1.165) is 0 Å². The molecule has 1 aromatic carbocycles. The van der Waals surface area contributed by atoms with Crippen molar-refractivity contribution in [1.29, 1.82) is 0 Å². The first-order valence-electron chi connectivity index (χ1n) is 6.34. The van der Waals surface area contributed by atoms with E-state index in [1.54, 1.807) is 30.3 Å². The second kappa shape index (κ2) is 6.44. The van der Waals surface area contributed by atoms with Gasteiger partial charge in [0.25, 0.3) is 5.56 Å². The van der Waals surface area contributed by atoms with Gasteiger partial charge in [0.2, 0.25) is 10.0 Å². The number of carbonyl (C=O) groups is 1. The van der Waals surface area contributed by atoms with Crippen molar-refractivity contribution in [2.24, 2.45) is 0 Å². The molecule has 0 aliphatic rings. The normalized spacial score (nSPS) is 11.1. The number of sulfonamides is 1. The molecule has 2 rings (SSSR count). The summed E-state index contributed by atoms with van der Waals surface area (Å²) in [4.78, 5) is 24.9. The molecule has 0 saturated heterocycles. The summed E-state index contributed by atoms with van der Waals surface area (Å²) in [5, 5.41) is 8.83. The average molecular weight is 322 g/mol. The molecule has 7 nitrogen and oxygen atoms in total. The Morgan fingerprint density at radius 3 is 2.50 bits per heavy atom. The lowest BCUT2D eigenvalue weighted by Gasteiger charge is -2.10. The van der Waals surface area contributed by atoms with Crippen LogP contribution in [-0.4, -0.2) is 24.5 Å². The number of carboxylic acids is 1. The molecule has 0 aliphatic carbocycles. The number of aliphatic carboxylic acids is 1. The maximum absolute atomic E-state index is 12.1. The van der Waals surface area contributed by atoms with E-state index in [9.17, 15) is 18.0 Å². The third-order valence-corrected chi connectivity index (χ3v) is 4.07. The zero-order valence-electron chi connectivity index (χ0n) is 11.4. The number of H-pyrrole nitrogens is 1. The number of nitrogens with one attached hydrogen (secondary N) is 2. The lowest BCUT2D eigenvalue weighted by Crippen LogP contribution is -2.23. The van der Waals surface area contributed by atoms with Crippen LogP contribution in [0.25, 0.3) is 0 Å². The van der Waals surface area contributed by atoms with Gasteiger partial charge in [0.1, 0.15) is 5.69 Å². The molecule has 0 saturated carbocycles. The van der Waals surface area contributed by atoms with E-state index in [1.807, 2.05) is 0 Å². The van der Waals surface area contributed by atoms with Gasteiger partial charge in [-0.25, -0.2) is 8.42 Å². The number of anilines is 1. The number of benzene rings is 1. The summed E-state index contributed by atoms with van der Waals surface area (Å²) >= 11 is 0. The molecule has 0 unspecified atom stereocenters. The van der Waals surface area contributed by atoms with Gasteiger partial charge >= 0.3 is 5.97 Å². The highest BCUT2D eigenvalue weighted by molar-refractivity contribution is 7.91. The van der Waals surface area contributed by atoms with E-state index < -0.39 is 28.0 Å². The van der Waals surface area contributed by atoms with Crippen LogP contribution < -0.4 is 10.3 Å². The Kier molecular flexibility index (Phi) is 4.62. The van der Waals surface area contributed by atoms with Crippen molar-refractivity contribution in [3.05, 3.63) is 64.1 Å². The van der Waals surface area contributed by atoms with Gasteiger partial charge in [-0.15, -0.1) is 0 Å². The van der Waals surface area contributed by atoms with E-state index in [2.05, 4.69) is 9.71 Å². The van der Waals surface area contributed by atoms with E-state index in [0.29, 0.717) is 5.56 Å². The largest absolute Gasteiger partial charge is 0.481 e. The topological polar surface area (TPSA) is 116 Å². The number of hydrogen-bond acceptors (Lipinski definition) is 4. The minimum absolute atomic E-state index is 0.105. The first-order valence-corrected chi connectivity index (χ1v) is 7.99.